The van der Waals surface area contributed by atoms with Gasteiger partial charge in [0.1, 0.15) is 0 Å². The van der Waals surface area contributed by atoms with Gasteiger partial charge in [0, 0.05) is 12.6 Å². The largest absolute Gasteiger partial charge is 0.493 e. The molecule has 1 aromatic rings. The molecule has 0 bridgehead atoms. The fraction of sp³-hybridized carbons (Fsp3) is 0.455. The third-order valence-electron chi connectivity index (χ3n) is 2.43. The van der Waals surface area contributed by atoms with Crippen LogP contribution in [0.4, 0.5) is 0 Å². The van der Waals surface area contributed by atoms with Crippen LogP contribution >= 0.6 is 0 Å². The summed E-state index contributed by atoms with van der Waals surface area (Å²) in [4.78, 5) is 0. The van der Waals surface area contributed by atoms with Gasteiger partial charge in [-0.1, -0.05) is 0 Å². The minimum absolute atomic E-state index is 0.162. The second kappa shape index (κ2) is 5.00. The van der Waals surface area contributed by atoms with E-state index >= 15 is 0 Å². The zero-order chi connectivity index (χ0) is 11.4. The number of hydrogen-bond donors (Lipinski definition) is 2. The van der Waals surface area contributed by atoms with E-state index in [1.807, 2.05) is 19.1 Å². The molecular weight excluding hydrogens is 192 g/mol. The molecule has 0 aliphatic heterocycles. The third kappa shape index (κ3) is 2.40. The Labute approximate surface area is 90.2 Å². The molecule has 0 aliphatic carbocycles. The summed E-state index contributed by atoms with van der Waals surface area (Å²) >= 11 is 0. The predicted octanol–water partition coefficient (Wildman–Crippen LogP) is 0.971. The second-order valence-corrected chi connectivity index (χ2v) is 3.41. The van der Waals surface area contributed by atoms with E-state index in [4.69, 9.17) is 20.9 Å². The zero-order valence-corrected chi connectivity index (χ0v) is 9.41. The van der Waals surface area contributed by atoms with E-state index in [9.17, 15) is 0 Å². The van der Waals surface area contributed by atoms with Crippen LogP contribution in [0.5, 0.6) is 11.5 Å². The Morgan fingerprint density at radius 3 is 2.20 bits per heavy atom. The maximum atomic E-state index is 5.89. The second-order valence-electron chi connectivity index (χ2n) is 3.41. The molecule has 15 heavy (non-hydrogen) atoms. The zero-order valence-electron chi connectivity index (χ0n) is 9.41. The van der Waals surface area contributed by atoms with Crippen molar-refractivity contribution in [1.82, 2.24) is 0 Å². The van der Waals surface area contributed by atoms with Gasteiger partial charge in [0.2, 0.25) is 0 Å². The Kier molecular flexibility index (Phi) is 3.94. The highest BCUT2D eigenvalue weighted by Gasteiger charge is 2.12. The van der Waals surface area contributed by atoms with E-state index in [1.54, 1.807) is 14.2 Å². The van der Waals surface area contributed by atoms with Crippen molar-refractivity contribution < 1.29 is 9.47 Å². The summed E-state index contributed by atoms with van der Waals surface area (Å²) in [5.74, 6) is 1.39. The van der Waals surface area contributed by atoms with Gasteiger partial charge in [-0.05, 0) is 30.2 Å². The molecule has 4 N–H and O–H groups in total. The van der Waals surface area contributed by atoms with Gasteiger partial charge in [-0.2, -0.15) is 0 Å². The van der Waals surface area contributed by atoms with Crippen molar-refractivity contribution in [1.29, 1.82) is 0 Å². The van der Waals surface area contributed by atoms with Gasteiger partial charge in [0.05, 0.1) is 14.2 Å². The molecule has 0 amide bonds. The minimum atomic E-state index is -0.162. The highest BCUT2D eigenvalue weighted by atomic mass is 16.5. The molecule has 0 aliphatic rings. The molecule has 4 nitrogen and oxygen atoms in total. The van der Waals surface area contributed by atoms with Crippen LogP contribution in [0, 0.1) is 6.92 Å². The van der Waals surface area contributed by atoms with Crippen molar-refractivity contribution in [2.45, 2.75) is 13.0 Å². The lowest BCUT2D eigenvalue weighted by molar-refractivity contribution is 0.354. The van der Waals surface area contributed by atoms with Gasteiger partial charge >= 0.3 is 0 Å². The minimum Gasteiger partial charge on any atom is -0.493 e. The molecule has 0 spiro atoms. The molecule has 1 atom stereocenters. The van der Waals surface area contributed by atoms with Crippen LogP contribution in [0.1, 0.15) is 17.2 Å². The third-order valence-corrected chi connectivity index (χ3v) is 2.43. The van der Waals surface area contributed by atoms with E-state index in [2.05, 4.69) is 0 Å². The highest BCUT2D eigenvalue weighted by Crippen LogP contribution is 2.31. The summed E-state index contributed by atoms with van der Waals surface area (Å²) < 4.78 is 10.4. The fourth-order valence-electron chi connectivity index (χ4n) is 1.52. The van der Waals surface area contributed by atoms with Gasteiger partial charge in [-0.15, -0.1) is 0 Å². The monoisotopic (exact) mass is 210 g/mol. The van der Waals surface area contributed by atoms with E-state index < -0.39 is 0 Å². The van der Waals surface area contributed by atoms with Crippen LogP contribution in [0.2, 0.25) is 0 Å². The Morgan fingerprint density at radius 1 is 1.20 bits per heavy atom. The number of methoxy groups -OCH3 is 2. The maximum absolute atomic E-state index is 5.89. The smallest absolute Gasteiger partial charge is 0.161 e. The van der Waals surface area contributed by atoms with E-state index in [0.717, 1.165) is 11.1 Å². The van der Waals surface area contributed by atoms with Crippen LogP contribution in [0.3, 0.4) is 0 Å². The maximum Gasteiger partial charge on any atom is 0.161 e. The Balaban J connectivity index is 3.19. The van der Waals surface area contributed by atoms with Crippen molar-refractivity contribution in [2.24, 2.45) is 11.5 Å². The summed E-state index contributed by atoms with van der Waals surface area (Å²) in [7, 11) is 3.21. The average molecular weight is 210 g/mol. The van der Waals surface area contributed by atoms with Crippen molar-refractivity contribution in [3.8, 4) is 11.5 Å². The van der Waals surface area contributed by atoms with Crippen molar-refractivity contribution in [3.63, 3.8) is 0 Å². The average Bonchev–Trinajstić information content (AvgIpc) is 2.27. The Bertz CT molecular complexity index is 340. The first kappa shape index (κ1) is 11.8. The quantitative estimate of drug-likeness (QED) is 0.777. The van der Waals surface area contributed by atoms with E-state index in [-0.39, 0.29) is 6.04 Å². The first-order chi connectivity index (χ1) is 7.13. The van der Waals surface area contributed by atoms with Crippen LogP contribution in [0.25, 0.3) is 0 Å². The fourth-order valence-corrected chi connectivity index (χ4v) is 1.52. The molecule has 4 heteroatoms. The SMILES string of the molecule is COc1cc(C)c(C(N)CN)cc1OC. The van der Waals surface area contributed by atoms with E-state index in [1.165, 1.54) is 0 Å². The molecule has 0 saturated heterocycles. The number of ether oxygens (including phenoxy) is 2. The normalized spacial score (nSPS) is 12.3. The molecule has 84 valence electrons. The first-order valence-electron chi connectivity index (χ1n) is 4.82. The lowest BCUT2D eigenvalue weighted by atomic mass is 10.0. The van der Waals surface area contributed by atoms with Crippen LogP contribution in [0.15, 0.2) is 12.1 Å². The number of hydrogen-bond acceptors (Lipinski definition) is 4. The van der Waals surface area contributed by atoms with Crippen molar-refractivity contribution in [3.05, 3.63) is 23.3 Å². The summed E-state index contributed by atoms with van der Waals surface area (Å²) in [6, 6.07) is 3.62. The Morgan fingerprint density at radius 2 is 1.73 bits per heavy atom. The molecule has 1 rings (SSSR count). The lowest BCUT2D eigenvalue weighted by Gasteiger charge is -2.16. The molecular formula is C11H18N2O2. The molecule has 0 fully saturated rings. The lowest BCUT2D eigenvalue weighted by Crippen LogP contribution is -2.21. The summed E-state index contributed by atoms with van der Waals surface area (Å²) in [5, 5.41) is 0. The van der Waals surface area contributed by atoms with Gasteiger partial charge < -0.3 is 20.9 Å². The molecule has 0 radical (unpaired) electrons. The molecule has 0 aromatic heterocycles. The van der Waals surface area contributed by atoms with Crippen molar-refractivity contribution >= 4 is 0 Å². The van der Waals surface area contributed by atoms with Crippen molar-refractivity contribution in [2.75, 3.05) is 20.8 Å². The topological polar surface area (TPSA) is 70.5 Å². The Hall–Kier alpha value is -1.26. The predicted molar refractivity (Wildman–Crippen MR) is 60.3 cm³/mol. The number of nitrogens with two attached hydrogens (primary N) is 2. The number of benzene rings is 1. The number of aryl methyl sites for hydroxylation is 1. The highest BCUT2D eigenvalue weighted by molar-refractivity contribution is 5.48. The summed E-state index contributed by atoms with van der Waals surface area (Å²) in [5.41, 5.74) is 13.5. The van der Waals surface area contributed by atoms with Crippen LogP contribution in [-0.2, 0) is 0 Å². The molecule has 1 aromatic carbocycles. The summed E-state index contributed by atoms with van der Waals surface area (Å²) in [6.07, 6.45) is 0. The first-order valence-corrected chi connectivity index (χ1v) is 4.82. The van der Waals surface area contributed by atoms with Gasteiger partial charge in [0.25, 0.3) is 0 Å². The molecule has 0 heterocycles. The van der Waals surface area contributed by atoms with Gasteiger partial charge in [-0.3, -0.25) is 0 Å². The molecule has 0 saturated carbocycles. The standard InChI is InChI=1S/C11H18N2O2/c1-7-4-10(14-2)11(15-3)5-8(7)9(13)6-12/h4-5,9H,6,12-13H2,1-3H3. The summed E-state index contributed by atoms with van der Waals surface area (Å²) in [6.45, 7) is 2.39. The molecule has 1 unspecified atom stereocenters. The van der Waals surface area contributed by atoms with Crippen LogP contribution < -0.4 is 20.9 Å². The van der Waals surface area contributed by atoms with Gasteiger partial charge in [-0.25, -0.2) is 0 Å². The van der Waals surface area contributed by atoms with Crippen LogP contribution in [-0.4, -0.2) is 20.8 Å². The van der Waals surface area contributed by atoms with E-state index in [0.29, 0.717) is 18.0 Å². The van der Waals surface area contributed by atoms with Gasteiger partial charge in [0.15, 0.2) is 11.5 Å². The number of rotatable bonds is 4.